The molecule has 3 rings (SSSR count). The lowest BCUT2D eigenvalue weighted by Crippen LogP contribution is -2.43. The number of hydrogen-bond donors (Lipinski definition) is 1. The summed E-state index contributed by atoms with van der Waals surface area (Å²) in [5.74, 6) is 1.45. The minimum absolute atomic E-state index is 0.0594. The van der Waals surface area contributed by atoms with Gasteiger partial charge in [0.05, 0.1) is 11.3 Å². The van der Waals surface area contributed by atoms with E-state index in [-0.39, 0.29) is 5.91 Å². The van der Waals surface area contributed by atoms with Crippen LogP contribution in [-0.2, 0) is 19.5 Å². The van der Waals surface area contributed by atoms with Crippen LogP contribution < -0.4 is 5.32 Å². The molecule has 2 aromatic rings. The van der Waals surface area contributed by atoms with E-state index < -0.39 is 0 Å². The second-order valence-electron chi connectivity index (χ2n) is 8.30. The number of amides is 1. The van der Waals surface area contributed by atoms with Gasteiger partial charge in [0.2, 0.25) is 0 Å². The quantitative estimate of drug-likeness (QED) is 0.768. The highest BCUT2D eigenvalue weighted by atomic mass is 32.1. The van der Waals surface area contributed by atoms with E-state index in [1.165, 1.54) is 16.0 Å². The van der Waals surface area contributed by atoms with Crippen LogP contribution >= 0.6 is 11.3 Å². The molecule has 1 aliphatic heterocycles. The molecule has 0 saturated carbocycles. The predicted molar refractivity (Wildman–Crippen MR) is 113 cm³/mol. The summed E-state index contributed by atoms with van der Waals surface area (Å²) in [5.41, 5.74) is 4.23. The lowest BCUT2D eigenvalue weighted by atomic mass is 10.0. The van der Waals surface area contributed by atoms with Crippen LogP contribution in [0.4, 0.5) is 0 Å². The summed E-state index contributed by atoms with van der Waals surface area (Å²) >= 11 is 1.70. The second-order valence-corrected chi connectivity index (χ2v) is 9.26. The standard InChI is InChI=1S/C21H32N4O2S/c1-13(2)19(24(5)6)9-22-21(26)18-12-28-20-11-25(8-7-16(18)20)10-17-14(3)23-27-15(17)4/h12-13,19H,7-11H2,1-6H3,(H,22,26). The van der Waals surface area contributed by atoms with Gasteiger partial charge in [0.15, 0.2) is 0 Å². The molecule has 7 heteroatoms. The van der Waals surface area contributed by atoms with Gasteiger partial charge >= 0.3 is 0 Å². The number of nitrogens with one attached hydrogen (secondary N) is 1. The molecule has 28 heavy (non-hydrogen) atoms. The van der Waals surface area contributed by atoms with Crippen LogP contribution in [0.3, 0.4) is 0 Å². The Bertz CT molecular complexity index is 797. The first-order chi connectivity index (χ1) is 13.3. The summed E-state index contributed by atoms with van der Waals surface area (Å²) in [7, 11) is 4.13. The molecule has 3 heterocycles. The van der Waals surface area contributed by atoms with Crippen molar-refractivity contribution < 1.29 is 9.32 Å². The van der Waals surface area contributed by atoms with Gasteiger partial charge in [-0.05, 0) is 45.8 Å². The van der Waals surface area contributed by atoms with E-state index in [0.717, 1.165) is 43.1 Å². The van der Waals surface area contributed by atoms with E-state index in [1.54, 1.807) is 11.3 Å². The highest BCUT2D eigenvalue weighted by Crippen LogP contribution is 2.30. The molecule has 1 aliphatic rings. The molecule has 0 spiro atoms. The van der Waals surface area contributed by atoms with Crippen molar-refractivity contribution in [2.75, 3.05) is 27.2 Å². The van der Waals surface area contributed by atoms with Crippen LogP contribution in [0, 0.1) is 19.8 Å². The number of aryl methyl sites for hydroxylation is 2. The number of hydrogen-bond acceptors (Lipinski definition) is 6. The van der Waals surface area contributed by atoms with E-state index in [1.807, 2.05) is 19.2 Å². The van der Waals surface area contributed by atoms with Gasteiger partial charge < -0.3 is 14.7 Å². The van der Waals surface area contributed by atoms with Gasteiger partial charge in [0.25, 0.3) is 5.91 Å². The highest BCUT2D eigenvalue weighted by Gasteiger charge is 2.26. The lowest BCUT2D eigenvalue weighted by Gasteiger charge is -2.28. The molecule has 6 nitrogen and oxygen atoms in total. The number of thiophene rings is 1. The van der Waals surface area contributed by atoms with Crippen LogP contribution in [0.15, 0.2) is 9.90 Å². The fourth-order valence-electron chi connectivity index (χ4n) is 3.97. The van der Waals surface area contributed by atoms with E-state index in [9.17, 15) is 4.79 Å². The molecule has 1 unspecified atom stereocenters. The number of aromatic nitrogens is 1. The van der Waals surface area contributed by atoms with Crippen molar-refractivity contribution in [1.29, 1.82) is 0 Å². The first-order valence-electron chi connectivity index (χ1n) is 9.95. The summed E-state index contributed by atoms with van der Waals surface area (Å²) in [5, 5.41) is 9.24. The van der Waals surface area contributed by atoms with Crippen molar-refractivity contribution in [2.45, 2.75) is 53.2 Å². The third-order valence-electron chi connectivity index (χ3n) is 5.74. The molecule has 0 saturated heterocycles. The maximum Gasteiger partial charge on any atom is 0.252 e. The average molecular weight is 405 g/mol. The number of likely N-dealkylation sites (N-methyl/N-ethyl adjacent to an activating group) is 1. The van der Waals surface area contributed by atoms with Crippen LogP contribution in [0.25, 0.3) is 0 Å². The Kier molecular flexibility index (Phi) is 6.58. The van der Waals surface area contributed by atoms with Crippen LogP contribution in [0.2, 0.25) is 0 Å². The van der Waals surface area contributed by atoms with Gasteiger partial charge in [0.1, 0.15) is 5.76 Å². The number of rotatable bonds is 7. The fourth-order valence-corrected chi connectivity index (χ4v) is 5.09. The van der Waals surface area contributed by atoms with Gasteiger partial charge in [-0.3, -0.25) is 9.69 Å². The number of fused-ring (bicyclic) bond motifs is 1. The molecule has 0 radical (unpaired) electrons. The summed E-state index contributed by atoms with van der Waals surface area (Å²) in [6.07, 6.45) is 0.909. The van der Waals surface area contributed by atoms with E-state index >= 15 is 0 Å². The Hall–Kier alpha value is -1.70. The maximum atomic E-state index is 12.8. The Balaban J connectivity index is 1.64. The molecule has 1 atom stereocenters. The van der Waals surface area contributed by atoms with Crippen LogP contribution in [0.1, 0.15) is 51.7 Å². The summed E-state index contributed by atoms with van der Waals surface area (Å²) in [6.45, 7) is 11.7. The second kappa shape index (κ2) is 8.76. The van der Waals surface area contributed by atoms with Gasteiger partial charge in [-0.2, -0.15) is 0 Å². The van der Waals surface area contributed by atoms with Gasteiger partial charge in [0, 0.05) is 48.0 Å². The first kappa shape index (κ1) is 21.0. The molecule has 2 aromatic heterocycles. The monoisotopic (exact) mass is 404 g/mol. The van der Waals surface area contributed by atoms with Gasteiger partial charge in [-0.15, -0.1) is 11.3 Å². The normalized spacial score (nSPS) is 15.9. The van der Waals surface area contributed by atoms with Crippen molar-refractivity contribution >= 4 is 17.2 Å². The van der Waals surface area contributed by atoms with Crippen molar-refractivity contribution in [3.63, 3.8) is 0 Å². The molecule has 0 bridgehead atoms. The zero-order chi connectivity index (χ0) is 20.4. The first-order valence-corrected chi connectivity index (χ1v) is 10.8. The molecule has 0 aliphatic carbocycles. The fraction of sp³-hybridized carbons (Fsp3) is 0.619. The molecule has 1 N–H and O–H groups in total. The Morgan fingerprint density at radius 2 is 2.14 bits per heavy atom. The third-order valence-corrected chi connectivity index (χ3v) is 6.75. The van der Waals surface area contributed by atoms with Crippen molar-refractivity contribution in [2.24, 2.45) is 5.92 Å². The van der Waals surface area contributed by atoms with Crippen LogP contribution in [0.5, 0.6) is 0 Å². The van der Waals surface area contributed by atoms with Gasteiger partial charge in [-0.1, -0.05) is 19.0 Å². The molecular weight excluding hydrogens is 372 g/mol. The minimum atomic E-state index is 0.0594. The Morgan fingerprint density at radius 1 is 1.39 bits per heavy atom. The number of nitrogens with zero attached hydrogens (tertiary/aromatic N) is 3. The molecular formula is C21H32N4O2S. The zero-order valence-corrected chi connectivity index (χ0v) is 18.7. The molecule has 0 fully saturated rings. The Labute approximate surface area is 171 Å². The number of carbonyl (C=O) groups excluding carboxylic acids is 1. The molecule has 154 valence electrons. The highest BCUT2D eigenvalue weighted by molar-refractivity contribution is 7.10. The van der Waals surface area contributed by atoms with E-state index in [0.29, 0.717) is 18.5 Å². The van der Waals surface area contributed by atoms with E-state index in [4.69, 9.17) is 4.52 Å². The predicted octanol–water partition coefficient (Wildman–Crippen LogP) is 3.23. The smallest absolute Gasteiger partial charge is 0.252 e. The summed E-state index contributed by atoms with van der Waals surface area (Å²) in [4.78, 5) is 18.7. The SMILES string of the molecule is Cc1noc(C)c1CN1CCc2c(C(=O)NCC(C(C)C)N(C)C)csc2C1. The van der Waals surface area contributed by atoms with Crippen LogP contribution in [-0.4, -0.2) is 54.1 Å². The minimum Gasteiger partial charge on any atom is -0.361 e. The third kappa shape index (κ3) is 4.47. The van der Waals surface area contributed by atoms with Gasteiger partial charge in [-0.25, -0.2) is 0 Å². The lowest BCUT2D eigenvalue weighted by molar-refractivity contribution is 0.0933. The van der Waals surface area contributed by atoms with Crippen molar-refractivity contribution in [1.82, 2.24) is 20.3 Å². The maximum absolute atomic E-state index is 12.8. The summed E-state index contributed by atoms with van der Waals surface area (Å²) in [6, 6.07) is 0.337. The van der Waals surface area contributed by atoms with Crippen molar-refractivity contribution in [3.8, 4) is 0 Å². The number of carbonyl (C=O) groups is 1. The summed E-state index contributed by atoms with van der Waals surface area (Å²) < 4.78 is 5.29. The van der Waals surface area contributed by atoms with E-state index in [2.05, 4.69) is 48.2 Å². The topological polar surface area (TPSA) is 61.6 Å². The zero-order valence-electron chi connectivity index (χ0n) is 17.8. The molecule has 0 aromatic carbocycles. The largest absolute Gasteiger partial charge is 0.361 e. The Morgan fingerprint density at radius 3 is 2.75 bits per heavy atom. The molecule has 1 amide bonds. The average Bonchev–Trinajstić information content (AvgIpc) is 3.19. The van der Waals surface area contributed by atoms with Crippen molar-refractivity contribution in [3.05, 3.63) is 38.4 Å².